The summed E-state index contributed by atoms with van der Waals surface area (Å²) in [5.74, 6) is -0.338. The minimum absolute atomic E-state index is 0.0961. The molecule has 0 radical (unpaired) electrons. The van der Waals surface area contributed by atoms with Crippen LogP contribution in [0.4, 0.5) is 11.4 Å². The summed E-state index contributed by atoms with van der Waals surface area (Å²) < 4.78 is 5.12. The Morgan fingerprint density at radius 2 is 2.00 bits per heavy atom. The van der Waals surface area contributed by atoms with Gasteiger partial charge in [0.25, 0.3) is 11.6 Å². The lowest BCUT2D eigenvalue weighted by Gasteiger charge is -2.11. The van der Waals surface area contributed by atoms with E-state index < -0.39 is 10.8 Å². The van der Waals surface area contributed by atoms with Crippen molar-refractivity contribution in [3.63, 3.8) is 0 Å². The Kier molecular flexibility index (Phi) is 5.93. The molecule has 126 valence electrons. The van der Waals surface area contributed by atoms with Crippen LogP contribution in [0.15, 0.2) is 35.2 Å². The lowest BCUT2D eigenvalue weighted by molar-refractivity contribution is -0.385. The van der Waals surface area contributed by atoms with Gasteiger partial charge in [-0.15, -0.1) is 11.8 Å². The number of nitro benzene ring substituents is 1. The van der Waals surface area contributed by atoms with Crippen LogP contribution in [-0.4, -0.2) is 24.2 Å². The molecule has 6 nitrogen and oxygen atoms in total. The van der Waals surface area contributed by atoms with Crippen LogP contribution in [-0.2, 0) is 0 Å². The van der Waals surface area contributed by atoms with Gasteiger partial charge >= 0.3 is 0 Å². The molecule has 1 amide bonds. The van der Waals surface area contributed by atoms with Crippen LogP contribution in [0, 0.1) is 10.1 Å². The van der Waals surface area contributed by atoms with Crippen LogP contribution in [0.3, 0.4) is 0 Å². The van der Waals surface area contributed by atoms with E-state index in [1.54, 1.807) is 12.3 Å². The van der Waals surface area contributed by atoms with Crippen LogP contribution in [0.25, 0.3) is 0 Å². The lowest BCUT2D eigenvalue weighted by atomic mass is 10.1. The van der Waals surface area contributed by atoms with Gasteiger partial charge in [-0.3, -0.25) is 14.9 Å². The third-order valence-corrected chi connectivity index (χ3v) is 4.44. The number of hydrogen-bond donors (Lipinski definition) is 1. The van der Waals surface area contributed by atoms with Crippen molar-refractivity contribution in [2.75, 3.05) is 18.7 Å². The average Bonchev–Trinajstić information content (AvgIpc) is 2.56. The number of amides is 1. The third-order valence-electron chi connectivity index (χ3n) is 3.12. The van der Waals surface area contributed by atoms with Crippen molar-refractivity contribution in [3.05, 3.63) is 56.1 Å². The molecule has 0 heterocycles. The minimum atomic E-state index is -0.663. The molecule has 0 atom stereocenters. The van der Waals surface area contributed by atoms with Gasteiger partial charge in [-0.1, -0.05) is 23.2 Å². The predicted octanol–water partition coefficient (Wildman–Crippen LogP) is 4.88. The molecule has 0 aliphatic rings. The maximum Gasteiger partial charge on any atom is 0.285 e. The quantitative estimate of drug-likeness (QED) is 0.449. The largest absolute Gasteiger partial charge is 0.495 e. The second-order valence-electron chi connectivity index (χ2n) is 4.56. The summed E-state index contributed by atoms with van der Waals surface area (Å²) in [5.41, 5.74) is -0.188. The SMILES string of the molecule is COc1cc([N+](=O)[O-])c(C(=O)Nc2cc(Cl)ccc2Cl)cc1SC. The Labute approximate surface area is 152 Å². The molecule has 0 bridgehead atoms. The number of benzene rings is 2. The van der Waals surface area contributed by atoms with Crippen LogP contribution < -0.4 is 10.1 Å². The van der Waals surface area contributed by atoms with Crippen LogP contribution in [0.5, 0.6) is 5.75 Å². The van der Waals surface area contributed by atoms with Gasteiger partial charge in [0.05, 0.1) is 33.7 Å². The Hall–Kier alpha value is -1.96. The van der Waals surface area contributed by atoms with Crippen molar-refractivity contribution in [2.24, 2.45) is 0 Å². The zero-order valence-corrected chi connectivity index (χ0v) is 15.0. The molecule has 0 unspecified atom stereocenters. The molecule has 2 aromatic rings. The minimum Gasteiger partial charge on any atom is -0.495 e. The molecule has 0 fully saturated rings. The van der Waals surface area contributed by atoms with E-state index >= 15 is 0 Å². The fourth-order valence-electron chi connectivity index (χ4n) is 1.98. The molecular weight excluding hydrogens is 375 g/mol. The molecule has 0 saturated carbocycles. The highest BCUT2D eigenvalue weighted by Gasteiger charge is 2.24. The predicted molar refractivity (Wildman–Crippen MR) is 95.8 cm³/mol. The summed E-state index contributed by atoms with van der Waals surface area (Å²) in [4.78, 5) is 23.8. The summed E-state index contributed by atoms with van der Waals surface area (Å²) in [6.45, 7) is 0. The number of anilines is 1. The van der Waals surface area contributed by atoms with Crippen LogP contribution >= 0.6 is 35.0 Å². The van der Waals surface area contributed by atoms with Gasteiger partial charge in [0.15, 0.2) is 0 Å². The number of hydrogen-bond acceptors (Lipinski definition) is 5. The molecule has 24 heavy (non-hydrogen) atoms. The molecule has 0 aliphatic heterocycles. The van der Waals surface area contributed by atoms with E-state index in [4.69, 9.17) is 27.9 Å². The summed E-state index contributed by atoms with van der Waals surface area (Å²) in [6, 6.07) is 7.19. The van der Waals surface area contributed by atoms with Gasteiger partial charge in [-0.2, -0.15) is 0 Å². The Morgan fingerprint density at radius 1 is 1.29 bits per heavy atom. The molecule has 0 aromatic heterocycles. The van der Waals surface area contributed by atoms with Crippen molar-refractivity contribution in [1.82, 2.24) is 0 Å². The summed E-state index contributed by atoms with van der Waals surface area (Å²) in [5, 5.41) is 14.5. The number of carbonyl (C=O) groups excluding carboxylic acids is 1. The first-order valence-electron chi connectivity index (χ1n) is 6.54. The topological polar surface area (TPSA) is 81.5 Å². The number of carbonyl (C=O) groups is 1. The Bertz CT molecular complexity index is 814. The third kappa shape index (κ3) is 3.92. The van der Waals surface area contributed by atoms with Crippen LogP contribution in [0.2, 0.25) is 10.0 Å². The van der Waals surface area contributed by atoms with E-state index in [1.807, 2.05) is 0 Å². The average molecular weight is 387 g/mol. The maximum atomic E-state index is 12.5. The lowest BCUT2D eigenvalue weighted by Crippen LogP contribution is -2.14. The number of nitro groups is 1. The number of thioether (sulfide) groups is 1. The van der Waals surface area contributed by atoms with Gasteiger partial charge in [0.1, 0.15) is 11.3 Å². The molecular formula is C15H12Cl2N2O4S. The smallest absolute Gasteiger partial charge is 0.285 e. The molecule has 2 aromatic carbocycles. The van der Waals surface area contributed by atoms with Crippen molar-refractivity contribution in [1.29, 1.82) is 0 Å². The second-order valence-corrected chi connectivity index (χ2v) is 6.25. The number of ether oxygens (including phenoxy) is 1. The number of nitrogens with zero attached hydrogens (tertiary/aromatic N) is 1. The van der Waals surface area contributed by atoms with Crippen LogP contribution in [0.1, 0.15) is 10.4 Å². The van der Waals surface area contributed by atoms with Gasteiger partial charge < -0.3 is 10.1 Å². The summed E-state index contributed by atoms with van der Waals surface area (Å²) in [7, 11) is 1.41. The maximum absolute atomic E-state index is 12.5. The zero-order valence-electron chi connectivity index (χ0n) is 12.6. The van der Waals surface area contributed by atoms with Gasteiger partial charge in [0, 0.05) is 5.02 Å². The van der Waals surface area contributed by atoms with E-state index in [9.17, 15) is 14.9 Å². The van der Waals surface area contributed by atoms with Crippen molar-refractivity contribution >= 4 is 52.2 Å². The standard InChI is InChI=1S/C15H12Cl2N2O4S/c1-23-13-7-12(19(21)22)9(6-14(13)24-2)15(20)18-11-5-8(16)3-4-10(11)17/h3-7H,1-2H3,(H,18,20). The fourth-order valence-corrected chi connectivity index (χ4v) is 2.90. The highest BCUT2D eigenvalue weighted by molar-refractivity contribution is 7.98. The molecule has 9 heteroatoms. The van der Waals surface area contributed by atoms with E-state index in [-0.39, 0.29) is 22.0 Å². The zero-order chi connectivity index (χ0) is 17.9. The number of rotatable bonds is 5. The summed E-state index contributed by atoms with van der Waals surface area (Å²) >= 11 is 13.2. The van der Waals surface area contributed by atoms with Crippen molar-refractivity contribution in [2.45, 2.75) is 4.90 Å². The van der Waals surface area contributed by atoms with E-state index in [0.29, 0.717) is 15.7 Å². The van der Waals surface area contributed by atoms with Crippen molar-refractivity contribution in [3.8, 4) is 5.75 Å². The first-order valence-corrected chi connectivity index (χ1v) is 8.52. The second kappa shape index (κ2) is 7.74. The van der Waals surface area contributed by atoms with Crippen molar-refractivity contribution < 1.29 is 14.5 Å². The molecule has 0 aliphatic carbocycles. The highest BCUT2D eigenvalue weighted by Crippen LogP contribution is 2.35. The number of nitrogens with one attached hydrogen (secondary N) is 1. The first kappa shape index (κ1) is 18.4. The highest BCUT2D eigenvalue weighted by atomic mass is 35.5. The Morgan fingerprint density at radius 3 is 2.58 bits per heavy atom. The number of halogens is 2. The monoisotopic (exact) mass is 386 g/mol. The summed E-state index contributed by atoms with van der Waals surface area (Å²) in [6.07, 6.45) is 1.78. The molecule has 0 saturated heterocycles. The normalized spacial score (nSPS) is 10.3. The van der Waals surface area contributed by atoms with Gasteiger partial charge in [0.2, 0.25) is 0 Å². The van der Waals surface area contributed by atoms with E-state index in [0.717, 1.165) is 0 Å². The molecule has 0 spiro atoms. The van der Waals surface area contributed by atoms with E-state index in [1.165, 1.54) is 43.1 Å². The molecule has 1 N–H and O–H groups in total. The van der Waals surface area contributed by atoms with Gasteiger partial charge in [-0.05, 0) is 30.5 Å². The Balaban J connectivity index is 2.47. The first-order chi connectivity index (χ1) is 11.4. The van der Waals surface area contributed by atoms with E-state index in [2.05, 4.69) is 5.32 Å². The number of methoxy groups -OCH3 is 1. The molecule has 2 rings (SSSR count). The van der Waals surface area contributed by atoms with Gasteiger partial charge in [-0.25, -0.2) is 0 Å². The fraction of sp³-hybridized carbons (Fsp3) is 0.133.